The number of carbonyl (C=O) groups is 2. The Balaban J connectivity index is 1.44. The fraction of sp³-hybridized carbons (Fsp3) is 0.556. The Bertz CT molecular complexity index is 609. The number of benzene rings is 1. The van der Waals surface area contributed by atoms with Crippen molar-refractivity contribution >= 4 is 11.8 Å². The number of piperidine rings is 1. The van der Waals surface area contributed by atoms with Crippen LogP contribution >= 0.6 is 0 Å². The van der Waals surface area contributed by atoms with Gasteiger partial charge in [-0.2, -0.15) is 0 Å². The minimum Gasteiger partial charge on any atom is -0.486 e. The number of hydrogen-bond acceptors (Lipinski definition) is 4. The Morgan fingerprint density at radius 2 is 1.88 bits per heavy atom. The van der Waals surface area contributed by atoms with Crippen molar-refractivity contribution in [2.45, 2.75) is 38.6 Å². The number of likely N-dealkylation sites (tertiary alicyclic amines) is 1. The molecule has 0 bridgehead atoms. The minimum atomic E-state index is 0.0613. The number of rotatable bonds is 4. The summed E-state index contributed by atoms with van der Waals surface area (Å²) < 4.78 is 11.1. The average Bonchev–Trinajstić information content (AvgIpc) is 2.60. The van der Waals surface area contributed by atoms with Crippen molar-refractivity contribution in [1.82, 2.24) is 10.2 Å². The van der Waals surface area contributed by atoms with Crippen molar-refractivity contribution in [3.63, 3.8) is 0 Å². The monoisotopic (exact) mass is 332 g/mol. The van der Waals surface area contributed by atoms with Gasteiger partial charge in [0.15, 0.2) is 11.5 Å². The molecule has 0 spiro atoms. The lowest BCUT2D eigenvalue weighted by atomic mass is 10.0. The predicted octanol–water partition coefficient (Wildman–Crippen LogP) is 1.52. The summed E-state index contributed by atoms with van der Waals surface area (Å²) in [6.45, 7) is 4.18. The summed E-state index contributed by atoms with van der Waals surface area (Å²) in [4.78, 5) is 25.3. The summed E-state index contributed by atoms with van der Waals surface area (Å²) in [6.07, 6.45) is 2.78. The smallest absolute Gasteiger partial charge is 0.220 e. The van der Waals surface area contributed by atoms with E-state index >= 15 is 0 Å². The molecule has 1 saturated heterocycles. The number of hydrogen-bond donors (Lipinski definition) is 1. The second-order valence-electron chi connectivity index (χ2n) is 6.33. The third kappa shape index (κ3) is 4.19. The van der Waals surface area contributed by atoms with Crippen molar-refractivity contribution < 1.29 is 19.1 Å². The zero-order chi connectivity index (χ0) is 16.9. The van der Waals surface area contributed by atoms with E-state index in [4.69, 9.17) is 9.47 Å². The van der Waals surface area contributed by atoms with Gasteiger partial charge in [0.25, 0.3) is 0 Å². The van der Waals surface area contributed by atoms with Crippen LogP contribution in [0.25, 0.3) is 0 Å². The zero-order valence-corrected chi connectivity index (χ0v) is 14.0. The molecule has 2 aliphatic heterocycles. The van der Waals surface area contributed by atoms with Gasteiger partial charge < -0.3 is 19.7 Å². The highest BCUT2D eigenvalue weighted by Gasteiger charge is 2.21. The van der Waals surface area contributed by atoms with Crippen LogP contribution in [-0.4, -0.2) is 49.1 Å². The average molecular weight is 332 g/mol. The Kier molecular flexibility index (Phi) is 5.23. The van der Waals surface area contributed by atoms with Crippen molar-refractivity contribution in [3.8, 4) is 11.5 Å². The van der Waals surface area contributed by atoms with E-state index in [1.54, 1.807) is 6.92 Å². The molecule has 0 radical (unpaired) electrons. The maximum absolute atomic E-state index is 12.1. The molecule has 130 valence electrons. The maximum Gasteiger partial charge on any atom is 0.220 e. The molecule has 3 rings (SSSR count). The Morgan fingerprint density at radius 1 is 1.17 bits per heavy atom. The Labute approximate surface area is 142 Å². The fourth-order valence-corrected chi connectivity index (χ4v) is 3.14. The van der Waals surface area contributed by atoms with Gasteiger partial charge in [0.1, 0.15) is 13.2 Å². The van der Waals surface area contributed by atoms with E-state index in [9.17, 15) is 9.59 Å². The Morgan fingerprint density at radius 3 is 2.58 bits per heavy atom. The van der Waals surface area contributed by atoms with Gasteiger partial charge in [-0.3, -0.25) is 9.59 Å². The molecule has 0 atom stereocenters. The summed E-state index contributed by atoms with van der Waals surface area (Å²) in [5, 5.41) is 3.08. The fourth-order valence-electron chi connectivity index (χ4n) is 3.14. The van der Waals surface area contributed by atoms with E-state index in [1.165, 1.54) is 0 Å². The van der Waals surface area contributed by atoms with Crippen molar-refractivity contribution in [2.24, 2.45) is 0 Å². The second kappa shape index (κ2) is 7.55. The molecule has 2 aliphatic rings. The van der Waals surface area contributed by atoms with Crippen LogP contribution in [0.3, 0.4) is 0 Å². The molecule has 1 aromatic rings. The molecule has 1 fully saturated rings. The van der Waals surface area contributed by atoms with Gasteiger partial charge in [-0.1, -0.05) is 6.07 Å². The lowest BCUT2D eigenvalue weighted by molar-refractivity contribution is -0.130. The molecule has 2 amide bonds. The van der Waals surface area contributed by atoms with Crippen LogP contribution in [0.5, 0.6) is 11.5 Å². The van der Waals surface area contributed by atoms with Gasteiger partial charge in [-0.15, -0.1) is 0 Å². The Hall–Kier alpha value is -2.24. The molecule has 0 aliphatic carbocycles. The first-order chi connectivity index (χ1) is 11.6. The van der Waals surface area contributed by atoms with E-state index in [-0.39, 0.29) is 17.9 Å². The van der Waals surface area contributed by atoms with Gasteiger partial charge in [-0.05, 0) is 37.0 Å². The van der Waals surface area contributed by atoms with Crippen LogP contribution in [0.4, 0.5) is 0 Å². The second-order valence-corrected chi connectivity index (χ2v) is 6.33. The first kappa shape index (κ1) is 16.6. The van der Waals surface area contributed by atoms with Gasteiger partial charge >= 0.3 is 0 Å². The highest BCUT2D eigenvalue weighted by Crippen LogP contribution is 2.31. The molecule has 1 N–H and O–H groups in total. The topological polar surface area (TPSA) is 67.9 Å². The van der Waals surface area contributed by atoms with E-state index in [2.05, 4.69) is 5.32 Å². The lowest BCUT2D eigenvalue weighted by Crippen LogP contribution is -2.46. The summed E-state index contributed by atoms with van der Waals surface area (Å²) in [6, 6.07) is 6.01. The molecule has 24 heavy (non-hydrogen) atoms. The van der Waals surface area contributed by atoms with Crippen molar-refractivity contribution in [3.05, 3.63) is 23.8 Å². The number of nitrogens with zero attached hydrogens (tertiary/aromatic N) is 1. The third-order valence-corrected chi connectivity index (χ3v) is 4.55. The SMILES string of the molecule is CC(=O)N1CCC(NC(=O)CCc2ccc3c(c2)OCCO3)CC1. The number of fused-ring (bicyclic) bond motifs is 1. The zero-order valence-electron chi connectivity index (χ0n) is 14.0. The number of ether oxygens (including phenoxy) is 2. The van der Waals surface area contributed by atoms with Crippen LogP contribution in [0.1, 0.15) is 31.7 Å². The van der Waals surface area contributed by atoms with Crippen LogP contribution in [0.2, 0.25) is 0 Å². The molecule has 6 nitrogen and oxygen atoms in total. The molecule has 0 aromatic heterocycles. The van der Waals surface area contributed by atoms with Crippen LogP contribution in [-0.2, 0) is 16.0 Å². The van der Waals surface area contributed by atoms with Crippen molar-refractivity contribution in [2.75, 3.05) is 26.3 Å². The third-order valence-electron chi connectivity index (χ3n) is 4.55. The van der Waals surface area contributed by atoms with E-state index < -0.39 is 0 Å². The minimum absolute atomic E-state index is 0.0613. The lowest BCUT2D eigenvalue weighted by Gasteiger charge is -2.31. The largest absolute Gasteiger partial charge is 0.486 e. The summed E-state index contributed by atoms with van der Waals surface area (Å²) >= 11 is 0. The molecule has 0 unspecified atom stereocenters. The normalized spacial score (nSPS) is 17.5. The number of nitrogens with one attached hydrogen (secondary N) is 1. The number of carbonyl (C=O) groups excluding carboxylic acids is 2. The van der Waals surface area contributed by atoms with Gasteiger partial charge in [-0.25, -0.2) is 0 Å². The quantitative estimate of drug-likeness (QED) is 0.908. The molecular formula is C18H24N2O4. The number of amides is 2. The number of aryl methyl sites for hydroxylation is 1. The maximum atomic E-state index is 12.1. The van der Waals surface area contributed by atoms with Crippen LogP contribution < -0.4 is 14.8 Å². The summed E-state index contributed by atoms with van der Waals surface area (Å²) in [5.74, 6) is 1.70. The highest BCUT2D eigenvalue weighted by molar-refractivity contribution is 5.76. The molecule has 1 aromatic carbocycles. The van der Waals surface area contributed by atoms with Gasteiger partial charge in [0, 0.05) is 32.5 Å². The molecular weight excluding hydrogens is 308 g/mol. The summed E-state index contributed by atoms with van der Waals surface area (Å²) in [5.41, 5.74) is 1.07. The van der Waals surface area contributed by atoms with Crippen molar-refractivity contribution in [1.29, 1.82) is 0 Å². The molecule has 6 heteroatoms. The van der Waals surface area contributed by atoms with Gasteiger partial charge in [0.2, 0.25) is 11.8 Å². The van der Waals surface area contributed by atoms with E-state index in [1.807, 2.05) is 23.1 Å². The molecule has 2 heterocycles. The van der Waals surface area contributed by atoms with E-state index in [0.29, 0.717) is 26.1 Å². The first-order valence-electron chi connectivity index (χ1n) is 8.55. The van der Waals surface area contributed by atoms with Crippen LogP contribution in [0, 0.1) is 0 Å². The molecule has 0 saturated carbocycles. The van der Waals surface area contributed by atoms with Crippen LogP contribution in [0.15, 0.2) is 18.2 Å². The standard InChI is InChI=1S/C18H24N2O4/c1-13(21)20-8-6-15(7-9-20)19-18(22)5-3-14-2-4-16-17(12-14)24-11-10-23-16/h2,4,12,15H,3,5-11H2,1H3,(H,19,22). The predicted molar refractivity (Wildman–Crippen MR) is 89.2 cm³/mol. The first-order valence-corrected chi connectivity index (χ1v) is 8.55. The summed E-state index contributed by atoms with van der Waals surface area (Å²) in [7, 11) is 0. The van der Waals surface area contributed by atoms with Gasteiger partial charge in [0.05, 0.1) is 0 Å². The van der Waals surface area contributed by atoms with E-state index in [0.717, 1.165) is 43.0 Å². The highest BCUT2D eigenvalue weighted by atomic mass is 16.6.